The van der Waals surface area contributed by atoms with Crippen LogP contribution >= 0.6 is 0 Å². The van der Waals surface area contributed by atoms with E-state index in [2.05, 4.69) is 11.8 Å². The van der Waals surface area contributed by atoms with Crippen LogP contribution in [0.1, 0.15) is 30.1 Å². The van der Waals surface area contributed by atoms with Crippen molar-refractivity contribution in [2.24, 2.45) is 5.92 Å². The number of rotatable bonds is 3. The summed E-state index contributed by atoms with van der Waals surface area (Å²) in [5.41, 5.74) is 13.0. The summed E-state index contributed by atoms with van der Waals surface area (Å²) in [6, 6.07) is 5.12. The van der Waals surface area contributed by atoms with Gasteiger partial charge in [0.25, 0.3) is 0 Å². The van der Waals surface area contributed by atoms with Gasteiger partial charge in [0, 0.05) is 12.1 Å². The molecule has 0 bridgehead atoms. The van der Waals surface area contributed by atoms with Crippen molar-refractivity contribution in [3.8, 4) is 0 Å². The largest absolute Gasteiger partial charge is 0.397 e. The van der Waals surface area contributed by atoms with Crippen LogP contribution in [0.3, 0.4) is 0 Å². The molecule has 1 aromatic rings. The Labute approximate surface area is 108 Å². The highest BCUT2D eigenvalue weighted by atomic mass is 16.1. The van der Waals surface area contributed by atoms with Crippen molar-refractivity contribution in [1.29, 1.82) is 0 Å². The Morgan fingerprint density at radius 3 is 2.83 bits per heavy atom. The number of nitrogens with two attached hydrogens (primary N) is 2. The van der Waals surface area contributed by atoms with Gasteiger partial charge >= 0.3 is 0 Å². The number of piperidine rings is 1. The molecule has 0 amide bonds. The number of nitrogen functional groups attached to an aromatic ring is 2. The summed E-state index contributed by atoms with van der Waals surface area (Å²) in [4.78, 5) is 14.4. The van der Waals surface area contributed by atoms with Crippen molar-refractivity contribution in [2.75, 3.05) is 31.1 Å². The average Bonchev–Trinajstić information content (AvgIpc) is 2.32. The second-order valence-electron chi connectivity index (χ2n) is 5.25. The Kier molecular flexibility index (Phi) is 3.87. The zero-order valence-electron chi connectivity index (χ0n) is 10.9. The van der Waals surface area contributed by atoms with E-state index in [1.54, 1.807) is 18.2 Å². The monoisotopic (exact) mass is 247 g/mol. The van der Waals surface area contributed by atoms with Crippen molar-refractivity contribution in [3.05, 3.63) is 23.8 Å². The van der Waals surface area contributed by atoms with Gasteiger partial charge in [0.05, 0.1) is 17.9 Å². The Balaban J connectivity index is 2.00. The minimum Gasteiger partial charge on any atom is -0.397 e. The van der Waals surface area contributed by atoms with Gasteiger partial charge in [-0.15, -0.1) is 0 Å². The van der Waals surface area contributed by atoms with E-state index in [4.69, 9.17) is 11.5 Å². The van der Waals surface area contributed by atoms with Crippen LogP contribution in [0.25, 0.3) is 0 Å². The van der Waals surface area contributed by atoms with Gasteiger partial charge in [-0.1, -0.05) is 6.92 Å². The van der Waals surface area contributed by atoms with E-state index in [1.807, 2.05) is 0 Å². The number of benzene rings is 1. The lowest BCUT2D eigenvalue weighted by Gasteiger charge is -2.30. The van der Waals surface area contributed by atoms with E-state index in [0.29, 0.717) is 29.4 Å². The van der Waals surface area contributed by atoms with Crippen molar-refractivity contribution in [1.82, 2.24) is 4.90 Å². The predicted octanol–water partition coefficient (Wildman–Crippen LogP) is 1.77. The molecule has 4 heteroatoms. The van der Waals surface area contributed by atoms with Gasteiger partial charge in [-0.25, -0.2) is 0 Å². The van der Waals surface area contributed by atoms with Gasteiger partial charge in [0.1, 0.15) is 0 Å². The third-order valence-corrected chi connectivity index (χ3v) is 3.52. The van der Waals surface area contributed by atoms with Crippen LogP contribution in [0.15, 0.2) is 18.2 Å². The lowest BCUT2D eigenvalue weighted by molar-refractivity contribution is 0.0893. The van der Waals surface area contributed by atoms with E-state index >= 15 is 0 Å². The fourth-order valence-corrected chi connectivity index (χ4v) is 2.47. The summed E-state index contributed by atoms with van der Waals surface area (Å²) in [5.74, 6) is 0.804. The Bertz CT molecular complexity index is 445. The van der Waals surface area contributed by atoms with Gasteiger partial charge in [0.2, 0.25) is 0 Å². The van der Waals surface area contributed by atoms with Gasteiger partial charge in [0.15, 0.2) is 5.78 Å². The van der Waals surface area contributed by atoms with Gasteiger partial charge in [-0.2, -0.15) is 0 Å². The number of carbonyl (C=O) groups excluding carboxylic acids is 1. The SMILES string of the molecule is CC1CCCN(CC(=O)c2ccc(N)c(N)c2)C1. The Morgan fingerprint density at radius 1 is 1.39 bits per heavy atom. The summed E-state index contributed by atoms with van der Waals surface area (Å²) in [6.45, 7) is 4.74. The van der Waals surface area contributed by atoms with E-state index in [1.165, 1.54) is 12.8 Å². The molecule has 4 nitrogen and oxygen atoms in total. The summed E-state index contributed by atoms with van der Waals surface area (Å²) in [6.07, 6.45) is 2.44. The molecule has 0 spiro atoms. The lowest BCUT2D eigenvalue weighted by atomic mass is 9.99. The highest BCUT2D eigenvalue weighted by molar-refractivity contribution is 5.99. The van der Waals surface area contributed by atoms with E-state index in [0.717, 1.165) is 13.1 Å². The number of ketones is 1. The average molecular weight is 247 g/mol. The molecule has 2 rings (SSSR count). The lowest BCUT2D eigenvalue weighted by Crippen LogP contribution is -2.38. The van der Waals surface area contributed by atoms with Gasteiger partial charge in [-0.3, -0.25) is 9.69 Å². The maximum absolute atomic E-state index is 12.1. The molecule has 0 saturated carbocycles. The van der Waals surface area contributed by atoms with Crippen molar-refractivity contribution in [3.63, 3.8) is 0 Å². The summed E-state index contributed by atoms with van der Waals surface area (Å²) >= 11 is 0. The van der Waals surface area contributed by atoms with Crippen LogP contribution in [0.4, 0.5) is 11.4 Å². The van der Waals surface area contributed by atoms with Crippen LogP contribution in [0, 0.1) is 5.92 Å². The number of nitrogens with zero attached hydrogens (tertiary/aromatic N) is 1. The molecular weight excluding hydrogens is 226 g/mol. The first kappa shape index (κ1) is 12.9. The number of hydrogen-bond donors (Lipinski definition) is 2. The first-order valence-corrected chi connectivity index (χ1v) is 6.47. The Hall–Kier alpha value is -1.55. The molecule has 1 atom stereocenters. The third-order valence-electron chi connectivity index (χ3n) is 3.52. The first-order chi connectivity index (χ1) is 8.56. The smallest absolute Gasteiger partial charge is 0.176 e. The molecular formula is C14H21N3O. The molecule has 0 aromatic heterocycles. The van der Waals surface area contributed by atoms with Crippen LogP contribution in [0.5, 0.6) is 0 Å². The molecule has 18 heavy (non-hydrogen) atoms. The van der Waals surface area contributed by atoms with E-state index < -0.39 is 0 Å². The zero-order chi connectivity index (χ0) is 13.1. The van der Waals surface area contributed by atoms with Crippen LogP contribution in [-0.4, -0.2) is 30.3 Å². The molecule has 1 aliphatic rings. The highest BCUT2D eigenvalue weighted by Gasteiger charge is 2.19. The van der Waals surface area contributed by atoms with Crippen molar-refractivity contribution >= 4 is 17.2 Å². The quantitative estimate of drug-likeness (QED) is 0.630. The number of hydrogen-bond acceptors (Lipinski definition) is 4. The molecule has 1 heterocycles. The highest BCUT2D eigenvalue weighted by Crippen LogP contribution is 2.18. The molecule has 98 valence electrons. The summed E-state index contributed by atoms with van der Waals surface area (Å²) in [5, 5.41) is 0. The summed E-state index contributed by atoms with van der Waals surface area (Å²) < 4.78 is 0. The van der Waals surface area contributed by atoms with Crippen LogP contribution in [-0.2, 0) is 0 Å². The third kappa shape index (κ3) is 3.01. The number of Topliss-reactive ketones (excluding diaryl/α,β-unsaturated/α-hetero) is 1. The van der Waals surface area contributed by atoms with E-state index in [9.17, 15) is 4.79 Å². The zero-order valence-corrected chi connectivity index (χ0v) is 10.9. The minimum atomic E-state index is 0.121. The number of anilines is 2. The topological polar surface area (TPSA) is 72.3 Å². The van der Waals surface area contributed by atoms with E-state index in [-0.39, 0.29) is 5.78 Å². The molecule has 1 aromatic carbocycles. The molecule has 1 fully saturated rings. The standard InChI is InChI=1S/C14H21N3O/c1-10-3-2-6-17(8-10)9-14(18)11-4-5-12(15)13(16)7-11/h4-5,7,10H,2-3,6,8-9,15-16H2,1H3. The number of carbonyl (C=O) groups is 1. The fourth-order valence-electron chi connectivity index (χ4n) is 2.47. The van der Waals surface area contributed by atoms with Crippen LogP contribution in [0.2, 0.25) is 0 Å². The summed E-state index contributed by atoms with van der Waals surface area (Å²) in [7, 11) is 0. The predicted molar refractivity (Wildman–Crippen MR) is 74.4 cm³/mol. The number of likely N-dealkylation sites (tertiary alicyclic amines) is 1. The van der Waals surface area contributed by atoms with Crippen molar-refractivity contribution in [2.45, 2.75) is 19.8 Å². The van der Waals surface area contributed by atoms with Gasteiger partial charge < -0.3 is 11.5 Å². The molecule has 0 aliphatic carbocycles. The molecule has 1 unspecified atom stereocenters. The molecule has 0 radical (unpaired) electrons. The molecule has 1 aliphatic heterocycles. The van der Waals surface area contributed by atoms with Crippen molar-refractivity contribution < 1.29 is 4.79 Å². The fraction of sp³-hybridized carbons (Fsp3) is 0.500. The van der Waals surface area contributed by atoms with Crippen LogP contribution < -0.4 is 11.5 Å². The van der Waals surface area contributed by atoms with Gasteiger partial charge in [-0.05, 0) is 43.5 Å². The first-order valence-electron chi connectivity index (χ1n) is 6.47. The molecule has 1 saturated heterocycles. The maximum Gasteiger partial charge on any atom is 0.176 e. The normalized spacial score (nSPS) is 20.8. The second-order valence-corrected chi connectivity index (χ2v) is 5.25. The second kappa shape index (κ2) is 5.40. The molecule has 4 N–H and O–H groups in total. The Morgan fingerprint density at radius 2 is 2.17 bits per heavy atom. The minimum absolute atomic E-state index is 0.121. The maximum atomic E-state index is 12.1.